The molecule has 1 atom stereocenters. The van der Waals surface area contributed by atoms with Gasteiger partial charge in [-0.05, 0) is 57.5 Å². The molecule has 0 bridgehead atoms. The summed E-state index contributed by atoms with van der Waals surface area (Å²) < 4.78 is 5.46. The number of piperidine rings is 1. The summed E-state index contributed by atoms with van der Waals surface area (Å²) in [7, 11) is 0. The number of hydrogen-bond acceptors (Lipinski definition) is 4. The van der Waals surface area contributed by atoms with E-state index in [1.807, 2.05) is 25.7 Å². The standard InChI is InChI=1S/C16H26N2O2S/c1-12-7-9-21-14(12)10-17-13-6-5-8-18(11-13)15(19)20-16(2,3)4/h7,9,13,17H,5-6,8,10-11H2,1-4H3. The number of hydrogen-bond donors (Lipinski definition) is 1. The fraction of sp³-hybridized carbons (Fsp3) is 0.688. The second-order valence-corrected chi connectivity index (χ2v) is 7.67. The Morgan fingerprint density at radius 1 is 1.52 bits per heavy atom. The maximum Gasteiger partial charge on any atom is 0.410 e. The number of amides is 1. The summed E-state index contributed by atoms with van der Waals surface area (Å²) in [6, 6.07) is 2.50. The number of nitrogens with one attached hydrogen (secondary N) is 1. The molecular weight excluding hydrogens is 284 g/mol. The lowest BCUT2D eigenvalue weighted by Gasteiger charge is -2.34. The van der Waals surface area contributed by atoms with Gasteiger partial charge < -0.3 is 15.0 Å². The van der Waals surface area contributed by atoms with Crippen LogP contribution in [0.5, 0.6) is 0 Å². The molecule has 0 spiro atoms. The predicted octanol–water partition coefficient (Wildman–Crippen LogP) is 3.55. The Morgan fingerprint density at radius 2 is 2.29 bits per heavy atom. The fourth-order valence-electron chi connectivity index (χ4n) is 2.46. The van der Waals surface area contributed by atoms with Crippen molar-refractivity contribution in [1.29, 1.82) is 0 Å². The second kappa shape index (κ2) is 6.79. The monoisotopic (exact) mass is 310 g/mol. The lowest BCUT2D eigenvalue weighted by molar-refractivity contribution is 0.0187. The lowest BCUT2D eigenvalue weighted by atomic mass is 10.1. The van der Waals surface area contributed by atoms with Gasteiger partial charge in [-0.25, -0.2) is 4.79 Å². The SMILES string of the molecule is Cc1ccsc1CNC1CCCN(C(=O)OC(C)(C)C)C1. The van der Waals surface area contributed by atoms with Crippen LogP contribution in [0.3, 0.4) is 0 Å². The number of thiophene rings is 1. The van der Waals surface area contributed by atoms with Gasteiger partial charge in [-0.2, -0.15) is 0 Å². The van der Waals surface area contributed by atoms with Crippen molar-refractivity contribution in [1.82, 2.24) is 10.2 Å². The summed E-state index contributed by atoms with van der Waals surface area (Å²) in [5, 5.41) is 5.70. The molecule has 21 heavy (non-hydrogen) atoms. The van der Waals surface area contributed by atoms with Crippen molar-refractivity contribution in [2.45, 2.75) is 58.7 Å². The van der Waals surface area contributed by atoms with Crippen LogP contribution in [0.1, 0.15) is 44.1 Å². The van der Waals surface area contributed by atoms with Gasteiger partial charge in [-0.15, -0.1) is 11.3 Å². The summed E-state index contributed by atoms with van der Waals surface area (Å²) in [4.78, 5) is 15.3. The van der Waals surface area contributed by atoms with Gasteiger partial charge in [0.05, 0.1) is 0 Å². The molecular formula is C16H26N2O2S. The van der Waals surface area contributed by atoms with E-state index < -0.39 is 5.60 Å². The van der Waals surface area contributed by atoms with Crippen molar-refractivity contribution in [3.63, 3.8) is 0 Å². The number of ether oxygens (including phenoxy) is 1. The summed E-state index contributed by atoms with van der Waals surface area (Å²) in [6.45, 7) is 10.3. The third-order valence-corrected chi connectivity index (χ3v) is 4.62. The molecule has 0 radical (unpaired) electrons. The van der Waals surface area contributed by atoms with Crippen molar-refractivity contribution in [3.05, 3.63) is 21.9 Å². The van der Waals surface area contributed by atoms with Crippen LogP contribution in [0.15, 0.2) is 11.4 Å². The highest BCUT2D eigenvalue weighted by molar-refractivity contribution is 7.10. The van der Waals surface area contributed by atoms with Crippen LogP contribution in [-0.4, -0.2) is 35.7 Å². The van der Waals surface area contributed by atoms with Gasteiger partial charge in [0.1, 0.15) is 5.60 Å². The number of rotatable bonds is 3. The first kappa shape index (κ1) is 16.3. The minimum atomic E-state index is -0.425. The molecule has 1 amide bonds. The fourth-order valence-corrected chi connectivity index (χ4v) is 3.32. The van der Waals surface area contributed by atoms with Gasteiger partial charge in [-0.1, -0.05) is 0 Å². The van der Waals surface area contributed by atoms with E-state index in [1.54, 1.807) is 11.3 Å². The van der Waals surface area contributed by atoms with Crippen molar-refractivity contribution in [2.75, 3.05) is 13.1 Å². The molecule has 1 aromatic heterocycles. The Hall–Kier alpha value is -1.07. The van der Waals surface area contributed by atoms with Gasteiger partial charge in [0, 0.05) is 30.6 Å². The van der Waals surface area contributed by atoms with E-state index >= 15 is 0 Å². The summed E-state index contributed by atoms with van der Waals surface area (Å²) in [5.41, 5.74) is 0.915. The molecule has 0 aliphatic carbocycles. The Labute approximate surface area is 131 Å². The van der Waals surface area contributed by atoms with E-state index in [1.165, 1.54) is 10.4 Å². The third kappa shape index (κ3) is 5.00. The average molecular weight is 310 g/mol. The zero-order valence-electron chi connectivity index (χ0n) is 13.4. The quantitative estimate of drug-likeness (QED) is 0.928. The van der Waals surface area contributed by atoms with Crippen molar-refractivity contribution in [2.24, 2.45) is 0 Å². The molecule has 1 unspecified atom stereocenters. The minimum absolute atomic E-state index is 0.193. The van der Waals surface area contributed by atoms with Crippen molar-refractivity contribution >= 4 is 17.4 Å². The first-order valence-electron chi connectivity index (χ1n) is 7.59. The van der Waals surface area contributed by atoms with Crippen molar-refractivity contribution < 1.29 is 9.53 Å². The van der Waals surface area contributed by atoms with E-state index in [2.05, 4.69) is 23.7 Å². The lowest BCUT2D eigenvalue weighted by Crippen LogP contribution is -2.49. The summed E-state index contributed by atoms with van der Waals surface area (Å²) in [5.74, 6) is 0. The van der Waals surface area contributed by atoms with Gasteiger partial charge in [-0.3, -0.25) is 0 Å². The summed E-state index contributed by atoms with van der Waals surface area (Å²) >= 11 is 1.79. The smallest absolute Gasteiger partial charge is 0.410 e. The average Bonchev–Trinajstić information content (AvgIpc) is 2.80. The molecule has 1 aliphatic heterocycles. The molecule has 1 fully saturated rings. The number of nitrogens with zero attached hydrogens (tertiary/aromatic N) is 1. The molecule has 118 valence electrons. The Kier molecular flexibility index (Phi) is 5.27. The molecule has 0 aromatic carbocycles. The van der Waals surface area contributed by atoms with Crippen LogP contribution in [0, 0.1) is 6.92 Å². The molecule has 2 rings (SSSR count). The molecule has 0 saturated carbocycles. The van der Waals surface area contributed by atoms with Crippen LogP contribution in [0.4, 0.5) is 4.79 Å². The first-order chi connectivity index (χ1) is 9.85. The van der Waals surface area contributed by atoms with Gasteiger partial charge in [0.2, 0.25) is 0 Å². The van der Waals surface area contributed by atoms with E-state index in [0.717, 1.165) is 32.5 Å². The highest BCUT2D eigenvalue weighted by atomic mass is 32.1. The highest BCUT2D eigenvalue weighted by Gasteiger charge is 2.27. The second-order valence-electron chi connectivity index (χ2n) is 6.67. The maximum atomic E-state index is 12.1. The molecule has 1 saturated heterocycles. The third-order valence-electron chi connectivity index (χ3n) is 3.59. The Bertz CT molecular complexity index is 479. The molecule has 2 heterocycles. The molecule has 1 N–H and O–H groups in total. The Balaban J connectivity index is 1.83. The largest absolute Gasteiger partial charge is 0.444 e. The topological polar surface area (TPSA) is 41.6 Å². The van der Waals surface area contributed by atoms with Crippen LogP contribution in [-0.2, 0) is 11.3 Å². The molecule has 1 aliphatic rings. The van der Waals surface area contributed by atoms with Crippen LogP contribution >= 0.6 is 11.3 Å². The van der Waals surface area contributed by atoms with Gasteiger partial charge in [0.15, 0.2) is 0 Å². The summed E-state index contributed by atoms with van der Waals surface area (Å²) in [6.07, 6.45) is 1.95. The number of carbonyl (C=O) groups is 1. The minimum Gasteiger partial charge on any atom is -0.444 e. The number of carbonyl (C=O) groups excluding carboxylic acids is 1. The van der Waals surface area contributed by atoms with E-state index in [-0.39, 0.29) is 6.09 Å². The zero-order valence-corrected chi connectivity index (χ0v) is 14.3. The Morgan fingerprint density at radius 3 is 2.90 bits per heavy atom. The predicted molar refractivity (Wildman–Crippen MR) is 86.7 cm³/mol. The van der Waals surface area contributed by atoms with Crippen LogP contribution in [0.2, 0.25) is 0 Å². The molecule has 4 nitrogen and oxygen atoms in total. The number of aryl methyl sites for hydroxylation is 1. The zero-order chi connectivity index (χ0) is 15.5. The maximum absolute atomic E-state index is 12.1. The van der Waals surface area contributed by atoms with Crippen LogP contribution in [0.25, 0.3) is 0 Å². The normalized spacial score (nSPS) is 19.6. The number of likely N-dealkylation sites (tertiary alicyclic amines) is 1. The van der Waals surface area contributed by atoms with Crippen molar-refractivity contribution in [3.8, 4) is 0 Å². The van der Waals surface area contributed by atoms with Crippen LogP contribution < -0.4 is 5.32 Å². The van der Waals surface area contributed by atoms with E-state index in [0.29, 0.717) is 6.04 Å². The highest BCUT2D eigenvalue weighted by Crippen LogP contribution is 2.18. The molecule has 5 heteroatoms. The van der Waals surface area contributed by atoms with E-state index in [9.17, 15) is 4.79 Å². The van der Waals surface area contributed by atoms with Gasteiger partial charge >= 0.3 is 6.09 Å². The molecule has 1 aromatic rings. The first-order valence-corrected chi connectivity index (χ1v) is 8.47. The van der Waals surface area contributed by atoms with Gasteiger partial charge in [0.25, 0.3) is 0 Å². The van der Waals surface area contributed by atoms with E-state index in [4.69, 9.17) is 4.74 Å².